The zero-order valence-electron chi connectivity index (χ0n) is 10.3. The highest BCUT2D eigenvalue weighted by Gasteiger charge is 2.33. The first-order valence-corrected chi connectivity index (χ1v) is 6.72. The van der Waals surface area contributed by atoms with Gasteiger partial charge in [-0.05, 0) is 37.4 Å². The normalized spacial score (nSPS) is 27.7. The molecule has 4 heterocycles. The summed E-state index contributed by atoms with van der Waals surface area (Å²) in [5.74, 6) is 1.87. The minimum absolute atomic E-state index is 0.727. The SMILES string of the molecule is c1cc2occc2c(N2CCC3NCCC3C2)n1. The maximum absolute atomic E-state index is 5.46. The van der Waals surface area contributed by atoms with Crippen LogP contribution in [0.2, 0.25) is 0 Å². The molecule has 0 radical (unpaired) electrons. The molecule has 2 saturated heterocycles. The van der Waals surface area contributed by atoms with E-state index < -0.39 is 0 Å². The van der Waals surface area contributed by atoms with Crippen LogP contribution in [0.4, 0.5) is 5.82 Å². The van der Waals surface area contributed by atoms with Crippen molar-refractivity contribution in [1.29, 1.82) is 0 Å². The summed E-state index contributed by atoms with van der Waals surface area (Å²) in [4.78, 5) is 6.99. The standard InChI is InChI=1S/C14H17N3O/c1-5-15-12-3-7-17(9-10(1)12)14-11-4-8-18-13(11)2-6-16-14/h2,4,6,8,10,12,15H,1,3,5,7,9H2. The van der Waals surface area contributed by atoms with Gasteiger partial charge in [0.25, 0.3) is 0 Å². The third kappa shape index (κ3) is 1.52. The van der Waals surface area contributed by atoms with Crippen molar-refractivity contribution in [3.05, 3.63) is 24.6 Å². The van der Waals surface area contributed by atoms with Crippen LogP contribution in [0.1, 0.15) is 12.8 Å². The first kappa shape index (κ1) is 10.4. The average Bonchev–Trinajstić information content (AvgIpc) is 3.05. The van der Waals surface area contributed by atoms with Crippen LogP contribution < -0.4 is 10.2 Å². The molecule has 1 N–H and O–H groups in total. The van der Waals surface area contributed by atoms with Crippen LogP contribution >= 0.6 is 0 Å². The van der Waals surface area contributed by atoms with Gasteiger partial charge in [0.1, 0.15) is 11.4 Å². The van der Waals surface area contributed by atoms with E-state index >= 15 is 0 Å². The summed E-state index contributed by atoms with van der Waals surface area (Å²) >= 11 is 0. The molecule has 2 aliphatic rings. The number of nitrogens with one attached hydrogen (secondary N) is 1. The van der Waals surface area contributed by atoms with Crippen LogP contribution in [0.5, 0.6) is 0 Å². The van der Waals surface area contributed by atoms with Gasteiger partial charge in [0.15, 0.2) is 0 Å². The Bertz CT molecular complexity index is 565. The minimum atomic E-state index is 0.727. The lowest BCUT2D eigenvalue weighted by atomic mass is 9.93. The van der Waals surface area contributed by atoms with Crippen LogP contribution in [0.15, 0.2) is 29.0 Å². The highest BCUT2D eigenvalue weighted by atomic mass is 16.3. The molecule has 4 nitrogen and oxygen atoms in total. The lowest BCUT2D eigenvalue weighted by molar-refractivity contribution is 0.375. The van der Waals surface area contributed by atoms with E-state index in [1.165, 1.54) is 19.4 Å². The zero-order valence-corrected chi connectivity index (χ0v) is 10.3. The Morgan fingerprint density at radius 2 is 2.33 bits per heavy atom. The van der Waals surface area contributed by atoms with E-state index in [4.69, 9.17) is 4.42 Å². The van der Waals surface area contributed by atoms with E-state index in [9.17, 15) is 0 Å². The molecule has 2 atom stereocenters. The summed E-state index contributed by atoms with van der Waals surface area (Å²) in [6, 6.07) is 4.68. The van der Waals surface area contributed by atoms with Gasteiger partial charge in [0.05, 0.1) is 11.6 Å². The number of nitrogens with zero attached hydrogens (tertiary/aromatic N) is 2. The van der Waals surface area contributed by atoms with Gasteiger partial charge in [-0.15, -0.1) is 0 Å². The fraction of sp³-hybridized carbons (Fsp3) is 0.500. The minimum Gasteiger partial charge on any atom is -0.464 e. The fourth-order valence-corrected chi connectivity index (χ4v) is 3.37. The highest BCUT2D eigenvalue weighted by Crippen LogP contribution is 2.31. The molecule has 94 valence electrons. The summed E-state index contributed by atoms with van der Waals surface area (Å²) in [7, 11) is 0. The van der Waals surface area contributed by atoms with Crippen molar-refractivity contribution in [2.24, 2.45) is 5.92 Å². The van der Waals surface area contributed by atoms with Gasteiger partial charge in [-0.1, -0.05) is 0 Å². The molecule has 18 heavy (non-hydrogen) atoms. The van der Waals surface area contributed by atoms with Gasteiger partial charge in [-0.3, -0.25) is 0 Å². The topological polar surface area (TPSA) is 41.3 Å². The molecule has 0 aromatic carbocycles. The van der Waals surface area contributed by atoms with Crippen molar-refractivity contribution in [3.8, 4) is 0 Å². The Labute approximate surface area is 106 Å². The summed E-state index contributed by atoms with van der Waals surface area (Å²) < 4.78 is 5.46. The van der Waals surface area contributed by atoms with Crippen molar-refractivity contribution in [2.45, 2.75) is 18.9 Å². The molecule has 0 saturated carbocycles. The van der Waals surface area contributed by atoms with Gasteiger partial charge in [-0.25, -0.2) is 4.98 Å². The van der Waals surface area contributed by atoms with Crippen LogP contribution in [0.25, 0.3) is 11.0 Å². The molecule has 0 amide bonds. The van der Waals surface area contributed by atoms with Gasteiger partial charge >= 0.3 is 0 Å². The lowest BCUT2D eigenvalue weighted by Gasteiger charge is -2.35. The smallest absolute Gasteiger partial charge is 0.139 e. The fourth-order valence-electron chi connectivity index (χ4n) is 3.37. The second kappa shape index (κ2) is 3.99. The number of hydrogen-bond donors (Lipinski definition) is 1. The van der Waals surface area contributed by atoms with Crippen molar-refractivity contribution in [1.82, 2.24) is 10.3 Å². The molecule has 0 bridgehead atoms. The average molecular weight is 243 g/mol. The van der Waals surface area contributed by atoms with E-state index in [0.717, 1.165) is 41.8 Å². The van der Waals surface area contributed by atoms with Crippen LogP contribution in [0, 0.1) is 5.92 Å². The van der Waals surface area contributed by atoms with Crippen LogP contribution in [-0.4, -0.2) is 30.7 Å². The van der Waals surface area contributed by atoms with E-state index in [1.807, 2.05) is 18.3 Å². The molecule has 2 unspecified atom stereocenters. The summed E-state index contributed by atoms with van der Waals surface area (Å²) in [5, 5.41) is 4.74. The molecule has 4 heteroatoms. The monoisotopic (exact) mass is 243 g/mol. The molecular weight excluding hydrogens is 226 g/mol. The van der Waals surface area contributed by atoms with Gasteiger partial charge in [0, 0.05) is 25.3 Å². The van der Waals surface area contributed by atoms with Crippen LogP contribution in [0.3, 0.4) is 0 Å². The van der Waals surface area contributed by atoms with Gasteiger partial charge in [-0.2, -0.15) is 0 Å². The second-order valence-electron chi connectivity index (χ2n) is 5.31. The van der Waals surface area contributed by atoms with Crippen molar-refractivity contribution >= 4 is 16.8 Å². The first-order valence-electron chi connectivity index (χ1n) is 6.72. The molecule has 2 aromatic rings. The number of pyridine rings is 1. The van der Waals surface area contributed by atoms with E-state index in [-0.39, 0.29) is 0 Å². The third-order valence-electron chi connectivity index (χ3n) is 4.31. The Morgan fingerprint density at radius 1 is 1.33 bits per heavy atom. The lowest BCUT2D eigenvalue weighted by Crippen LogP contribution is -2.44. The van der Waals surface area contributed by atoms with Crippen molar-refractivity contribution in [3.63, 3.8) is 0 Å². The molecule has 4 rings (SSSR count). The number of rotatable bonds is 1. The van der Waals surface area contributed by atoms with E-state index in [0.29, 0.717) is 0 Å². The number of anilines is 1. The molecule has 2 fully saturated rings. The number of hydrogen-bond acceptors (Lipinski definition) is 4. The highest BCUT2D eigenvalue weighted by molar-refractivity contribution is 5.88. The predicted octanol–water partition coefficient (Wildman–Crippen LogP) is 2.02. The zero-order chi connectivity index (χ0) is 11.9. The molecule has 2 aromatic heterocycles. The number of aromatic nitrogens is 1. The summed E-state index contributed by atoms with van der Waals surface area (Å²) in [6.45, 7) is 3.38. The third-order valence-corrected chi connectivity index (χ3v) is 4.31. The van der Waals surface area contributed by atoms with E-state index in [2.05, 4.69) is 15.2 Å². The Morgan fingerprint density at radius 3 is 3.33 bits per heavy atom. The quantitative estimate of drug-likeness (QED) is 0.832. The molecule has 0 spiro atoms. The second-order valence-corrected chi connectivity index (χ2v) is 5.31. The number of furan rings is 1. The Kier molecular flexibility index (Phi) is 2.30. The van der Waals surface area contributed by atoms with Gasteiger partial charge in [0.2, 0.25) is 0 Å². The largest absolute Gasteiger partial charge is 0.464 e. The Hall–Kier alpha value is -1.55. The Balaban J connectivity index is 1.68. The van der Waals surface area contributed by atoms with Crippen LogP contribution in [-0.2, 0) is 0 Å². The molecule has 0 aliphatic carbocycles. The van der Waals surface area contributed by atoms with Crippen molar-refractivity contribution in [2.75, 3.05) is 24.5 Å². The summed E-state index contributed by atoms with van der Waals surface area (Å²) in [6.07, 6.45) is 6.11. The molecular formula is C14H17N3O. The molecule has 2 aliphatic heterocycles. The predicted molar refractivity (Wildman–Crippen MR) is 70.7 cm³/mol. The van der Waals surface area contributed by atoms with E-state index in [1.54, 1.807) is 6.26 Å². The number of fused-ring (bicyclic) bond motifs is 2. The number of piperidine rings is 1. The van der Waals surface area contributed by atoms with Gasteiger partial charge < -0.3 is 14.6 Å². The maximum Gasteiger partial charge on any atom is 0.139 e. The van der Waals surface area contributed by atoms with Crippen molar-refractivity contribution < 1.29 is 4.42 Å². The summed E-state index contributed by atoms with van der Waals surface area (Å²) in [5.41, 5.74) is 0.937. The maximum atomic E-state index is 5.46. The first-order chi connectivity index (χ1) is 8.92.